The molecule has 0 amide bonds. The summed E-state index contributed by atoms with van der Waals surface area (Å²) in [6, 6.07) is 9.54. The number of carbonyl (C=O) groups is 1. The highest BCUT2D eigenvalue weighted by Gasteiger charge is 2.32. The number of rotatable bonds is 3. The molecule has 0 bridgehead atoms. The average Bonchev–Trinajstić information content (AvgIpc) is 2.71. The fourth-order valence-electron chi connectivity index (χ4n) is 1.76. The normalized spacial score (nSPS) is 11.6. The molecule has 4 nitrogen and oxygen atoms in total. The van der Waals surface area contributed by atoms with Crippen LogP contribution in [0.1, 0.15) is 25.2 Å². The van der Waals surface area contributed by atoms with Gasteiger partial charge in [0.1, 0.15) is 5.41 Å². The highest BCUT2D eigenvalue weighted by molar-refractivity contribution is 9.10. The molecule has 2 rings (SSSR count). The molecule has 2 aromatic rings. The van der Waals surface area contributed by atoms with E-state index in [-0.39, 0.29) is 0 Å². The second-order valence-corrected chi connectivity index (χ2v) is 5.91. The van der Waals surface area contributed by atoms with Crippen molar-refractivity contribution < 1.29 is 9.90 Å². The summed E-state index contributed by atoms with van der Waals surface area (Å²) in [4.78, 5) is 11.3. The minimum Gasteiger partial charge on any atom is -0.481 e. The Bertz CT molecular complexity index is 632. The molecule has 0 aliphatic carbocycles. The van der Waals surface area contributed by atoms with Crippen molar-refractivity contribution in [2.24, 2.45) is 0 Å². The molecule has 0 aliphatic rings. The minimum atomic E-state index is -0.998. The zero-order valence-electron chi connectivity index (χ0n) is 11.0. The number of hydrogen-bond acceptors (Lipinski definition) is 2. The summed E-state index contributed by atoms with van der Waals surface area (Å²) in [7, 11) is 0. The predicted octanol–water partition coefficient (Wildman–Crippen LogP) is 3.31. The lowest BCUT2D eigenvalue weighted by Gasteiger charge is -2.15. The van der Waals surface area contributed by atoms with Crippen LogP contribution in [0.25, 0.3) is 5.69 Å². The molecular weight excluding hydrogens is 308 g/mol. The van der Waals surface area contributed by atoms with Crippen LogP contribution in [0.4, 0.5) is 0 Å². The molecule has 5 heteroatoms. The number of carboxylic acids is 1. The number of benzene rings is 1. The van der Waals surface area contributed by atoms with E-state index in [9.17, 15) is 9.90 Å². The van der Waals surface area contributed by atoms with E-state index in [0.29, 0.717) is 5.69 Å². The summed E-state index contributed by atoms with van der Waals surface area (Å²) < 4.78 is 2.71. The van der Waals surface area contributed by atoms with Crippen LogP contribution in [0.3, 0.4) is 0 Å². The first-order valence-corrected chi connectivity index (χ1v) is 6.68. The van der Waals surface area contributed by atoms with Crippen LogP contribution in [-0.4, -0.2) is 20.9 Å². The van der Waals surface area contributed by atoms with Crippen molar-refractivity contribution in [1.29, 1.82) is 0 Å². The van der Waals surface area contributed by atoms with Gasteiger partial charge in [0.25, 0.3) is 0 Å². The number of carboxylic acid groups (broad SMARTS) is 1. The van der Waals surface area contributed by atoms with E-state index < -0.39 is 11.4 Å². The lowest BCUT2D eigenvalue weighted by atomic mass is 9.89. The number of hydrogen-bond donors (Lipinski definition) is 1. The van der Waals surface area contributed by atoms with Gasteiger partial charge in [-0.1, -0.05) is 22.0 Å². The maximum absolute atomic E-state index is 11.3. The summed E-state index contributed by atoms with van der Waals surface area (Å²) >= 11 is 3.42. The molecule has 0 saturated heterocycles. The van der Waals surface area contributed by atoms with Crippen molar-refractivity contribution in [3.05, 3.63) is 46.2 Å². The molecule has 0 radical (unpaired) electrons. The number of nitrogens with zero attached hydrogens (tertiary/aromatic N) is 2. The van der Waals surface area contributed by atoms with Gasteiger partial charge in [0, 0.05) is 10.2 Å². The number of halogens is 1. The van der Waals surface area contributed by atoms with E-state index >= 15 is 0 Å². The topological polar surface area (TPSA) is 55.1 Å². The van der Waals surface area contributed by atoms with E-state index in [0.717, 1.165) is 15.9 Å². The monoisotopic (exact) mass is 322 g/mol. The summed E-state index contributed by atoms with van der Waals surface area (Å²) in [5.74, 6) is -0.883. The van der Waals surface area contributed by atoms with E-state index in [1.54, 1.807) is 18.5 Å². The van der Waals surface area contributed by atoms with Gasteiger partial charge in [0.2, 0.25) is 0 Å². The van der Waals surface area contributed by atoms with Crippen LogP contribution < -0.4 is 0 Å². The third-order valence-electron chi connectivity index (χ3n) is 3.12. The van der Waals surface area contributed by atoms with E-state index in [2.05, 4.69) is 21.0 Å². The summed E-state index contributed by atoms with van der Waals surface area (Å²) in [6.45, 7) is 5.22. The summed E-state index contributed by atoms with van der Waals surface area (Å²) in [5.41, 5.74) is 1.36. The number of aromatic nitrogens is 2. The van der Waals surface area contributed by atoms with Crippen LogP contribution >= 0.6 is 15.9 Å². The molecule has 0 atom stereocenters. The van der Waals surface area contributed by atoms with Crippen LogP contribution in [0.5, 0.6) is 0 Å². The molecule has 0 aliphatic heterocycles. The van der Waals surface area contributed by atoms with Crippen molar-refractivity contribution in [3.8, 4) is 5.69 Å². The molecule has 1 heterocycles. The summed E-state index contributed by atoms with van der Waals surface area (Å²) in [5, 5.41) is 13.7. The highest BCUT2D eigenvalue weighted by atomic mass is 79.9. The molecule has 19 heavy (non-hydrogen) atoms. The standard InChI is InChI=1S/C14H15BrN2O2/c1-9-7-12(14(2,3)13(18)19)16-17(9)11-6-4-5-10(15)8-11/h4-8H,1-3H3,(H,18,19). The second-order valence-electron chi connectivity index (χ2n) is 4.99. The maximum atomic E-state index is 11.3. The van der Waals surface area contributed by atoms with Gasteiger partial charge in [0.05, 0.1) is 11.4 Å². The quantitative estimate of drug-likeness (QED) is 0.943. The van der Waals surface area contributed by atoms with E-state index in [4.69, 9.17) is 0 Å². The second kappa shape index (κ2) is 4.81. The van der Waals surface area contributed by atoms with E-state index in [1.807, 2.05) is 37.3 Å². The summed E-state index contributed by atoms with van der Waals surface area (Å²) in [6.07, 6.45) is 0. The maximum Gasteiger partial charge on any atom is 0.315 e. The van der Waals surface area contributed by atoms with Crippen LogP contribution in [-0.2, 0) is 10.2 Å². The Kier molecular flexibility index (Phi) is 3.49. The molecule has 0 fully saturated rings. The van der Waals surface area contributed by atoms with Crippen molar-refractivity contribution >= 4 is 21.9 Å². The van der Waals surface area contributed by atoms with Crippen molar-refractivity contribution in [1.82, 2.24) is 9.78 Å². The zero-order valence-corrected chi connectivity index (χ0v) is 12.6. The molecule has 0 unspecified atom stereocenters. The Morgan fingerprint density at radius 3 is 2.63 bits per heavy atom. The fraction of sp³-hybridized carbons (Fsp3) is 0.286. The van der Waals surface area contributed by atoms with Crippen LogP contribution in [0, 0.1) is 6.92 Å². The lowest BCUT2D eigenvalue weighted by Crippen LogP contribution is -2.29. The van der Waals surface area contributed by atoms with Crippen molar-refractivity contribution in [2.45, 2.75) is 26.2 Å². The van der Waals surface area contributed by atoms with Gasteiger partial charge < -0.3 is 5.11 Å². The predicted molar refractivity (Wildman–Crippen MR) is 76.7 cm³/mol. The van der Waals surface area contributed by atoms with Crippen molar-refractivity contribution in [2.75, 3.05) is 0 Å². The van der Waals surface area contributed by atoms with Gasteiger partial charge in [-0.15, -0.1) is 0 Å². The molecule has 1 aromatic heterocycles. The molecule has 100 valence electrons. The van der Waals surface area contributed by atoms with Crippen molar-refractivity contribution in [3.63, 3.8) is 0 Å². The SMILES string of the molecule is Cc1cc(C(C)(C)C(=O)O)nn1-c1cccc(Br)c1. The Balaban J connectivity index is 2.51. The van der Waals surface area contributed by atoms with Crippen LogP contribution in [0.2, 0.25) is 0 Å². The third kappa shape index (κ3) is 2.56. The van der Waals surface area contributed by atoms with Gasteiger partial charge in [-0.2, -0.15) is 5.10 Å². The first-order valence-electron chi connectivity index (χ1n) is 5.89. The third-order valence-corrected chi connectivity index (χ3v) is 3.61. The minimum absolute atomic E-state index is 0.553. The number of aliphatic carboxylic acids is 1. The fourth-order valence-corrected chi connectivity index (χ4v) is 2.15. The molecule has 1 N–H and O–H groups in total. The Morgan fingerprint density at radius 1 is 1.37 bits per heavy atom. The van der Waals surface area contributed by atoms with Gasteiger partial charge in [-0.3, -0.25) is 4.79 Å². The first kappa shape index (κ1) is 13.8. The van der Waals surface area contributed by atoms with Crippen LogP contribution in [0.15, 0.2) is 34.8 Å². The zero-order chi connectivity index (χ0) is 14.2. The number of aryl methyl sites for hydroxylation is 1. The molecule has 0 spiro atoms. The van der Waals surface area contributed by atoms with Gasteiger partial charge in [-0.25, -0.2) is 4.68 Å². The Hall–Kier alpha value is -1.62. The largest absolute Gasteiger partial charge is 0.481 e. The van der Waals surface area contributed by atoms with Gasteiger partial charge >= 0.3 is 5.97 Å². The highest BCUT2D eigenvalue weighted by Crippen LogP contribution is 2.25. The van der Waals surface area contributed by atoms with Gasteiger partial charge in [-0.05, 0) is 45.0 Å². The molecule has 0 saturated carbocycles. The van der Waals surface area contributed by atoms with Gasteiger partial charge in [0.15, 0.2) is 0 Å². The molecular formula is C14H15BrN2O2. The molecule has 1 aromatic carbocycles. The Labute approximate surface area is 120 Å². The Morgan fingerprint density at radius 2 is 2.05 bits per heavy atom. The average molecular weight is 323 g/mol. The van der Waals surface area contributed by atoms with E-state index in [1.165, 1.54) is 0 Å². The smallest absolute Gasteiger partial charge is 0.315 e. The first-order chi connectivity index (χ1) is 8.82. The lowest BCUT2D eigenvalue weighted by molar-refractivity contribution is -0.142.